The first-order chi connectivity index (χ1) is 7.66. The van der Waals surface area contributed by atoms with Crippen LogP contribution in [0.5, 0.6) is 0 Å². The largest absolute Gasteiger partial charge is 0.478 e. The summed E-state index contributed by atoms with van der Waals surface area (Å²) in [7, 11) is 0. The number of nitrogens with one attached hydrogen (secondary N) is 1. The fourth-order valence-corrected chi connectivity index (χ4v) is 1.83. The van der Waals surface area contributed by atoms with Gasteiger partial charge in [-0.05, 0) is 37.0 Å². The summed E-state index contributed by atoms with van der Waals surface area (Å²) in [5, 5.41) is 12.1. The van der Waals surface area contributed by atoms with Crippen molar-refractivity contribution in [1.82, 2.24) is 0 Å². The molecule has 4 heteroatoms. The SMILES string of the molecule is Nc1cc(NCC2CCC2)ccc1C(=O)O. The molecule has 0 aromatic heterocycles. The van der Waals surface area contributed by atoms with Gasteiger partial charge >= 0.3 is 5.97 Å². The molecular weight excluding hydrogens is 204 g/mol. The molecule has 2 rings (SSSR count). The second kappa shape index (κ2) is 4.43. The van der Waals surface area contributed by atoms with Gasteiger partial charge in [-0.3, -0.25) is 0 Å². The van der Waals surface area contributed by atoms with Gasteiger partial charge in [0.1, 0.15) is 0 Å². The second-order valence-corrected chi connectivity index (χ2v) is 4.29. The minimum atomic E-state index is -0.983. The van der Waals surface area contributed by atoms with Crippen molar-refractivity contribution in [3.8, 4) is 0 Å². The van der Waals surface area contributed by atoms with Crippen LogP contribution >= 0.6 is 0 Å². The standard InChI is InChI=1S/C12H16N2O2/c13-11-6-9(4-5-10(11)12(15)16)14-7-8-2-1-3-8/h4-6,8,14H,1-3,7,13H2,(H,15,16). The number of benzene rings is 1. The molecular formula is C12H16N2O2. The predicted octanol–water partition coefficient (Wildman–Crippen LogP) is 2.18. The summed E-state index contributed by atoms with van der Waals surface area (Å²) >= 11 is 0. The summed E-state index contributed by atoms with van der Waals surface area (Å²) in [6, 6.07) is 4.99. The molecule has 1 aliphatic rings. The minimum absolute atomic E-state index is 0.161. The van der Waals surface area contributed by atoms with Crippen molar-refractivity contribution in [1.29, 1.82) is 0 Å². The molecule has 0 spiro atoms. The maximum absolute atomic E-state index is 10.8. The number of anilines is 2. The Morgan fingerprint density at radius 2 is 2.25 bits per heavy atom. The van der Waals surface area contributed by atoms with E-state index in [2.05, 4.69) is 5.32 Å². The van der Waals surface area contributed by atoms with E-state index in [1.54, 1.807) is 18.2 Å². The summed E-state index contributed by atoms with van der Waals surface area (Å²) in [6.07, 6.45) is 3.90. The van der Waals surface area contributed by atoms with E-state index in [4.69, 9.17) is 10.8 Å². The number of hydrogen-bond acceptors (Lipinski definition) is 3. The van der Waals surface area contributed by atoms with E-state index in [-0.39, 0.29) is 5.56 Å². The van der Waals surface area contributed by atoms with E-state index in [0.29, 0.717) is 5.69 Å². The van der Waals surface area contributed by atoms with Crippen molar-refractivity contribution in [2.75, 3.05) is 17.6 Å². The Morgan fingerprint density at radius 3 is 2.75 bits per heavy atom. The molecule has 0 atom stereocenters. The van der Waals surface area contributed by atoms with Gasteiger partial charge in [0, 0.05) is 17.9 Å². The fraction of sp³-hybridized carbons (Fsp3) is 0.417. The molecule has 0 heterocycles. The number of carbonyl (C=O) groups is 1. The van der Waals surface area contributed by atoms with Gasteiger partial charge in [0.2, 0.25) is 0 Å². The molecule has 4 N–H and O–H groups in total. The number of rotatable bonds is 4. The van der Waals surface area contributed by atoms with Crippen LogP contribution in [0.1, 0.15) is 29.6 Å². The van der Waals surface area contributed by atoms with E-state index in [9.17, 15) is 4.79 Å². The highest BCUT2D eigenvalue weighted by atomic mass is 16.4. The molecule has 1 aromatic rings. The Labute approximate surface area is 94.5 Å². The lowest BCUT2D eigenvalue weighted by atomic mass is 9.85. The van der Waals surface area contributed by atoms with Crippen molar-refractivity contribution in [3.05, 3.63) is 23.8 Å². The number of nitrogen functional groups attached to an aromatic ring is 1. The molecule has 1 aromatic carbocycles. The topological polar surface area (TPSA) is 75.3 Å². The smallest absolute Gasteiger partial charge is 0.337 e. The van der Waals surface area contributed by atoms with Gasteiger partial charge in [-0.2, -0.15) is 0 Å². The molecule has 1 aliphatic carbocycles. The lowest BCUT2D eigenvalue weighted by Gasteiger charge is -2.25. The van der Waals surface area contributed by atoms with Crippen molar-refractivity contribution in [3.63, 3.8) is 0 Å². The van der Waals surface area contributed by atoms with E-state index in [1.165, 1.54) is 19.3 Å². The van der Waals surface area contributed by atoms with E-state index in [1.807, 2.05) is 0 Å². The molecule has 0 unspecified atom stereocenters. The molecule has 0 radical (unpaired) electrons. The van der Waals surface area contributed by atoms with Crippen molar-refractivity contribution >= 4 is 17.3 Å². The fourth-order valence-electron chi connectivity index (χ4n) is 1.83. The van der Waals surface area contributed by atoms with Crippen LogP contribution < -0.4 is 11.1 Å². The summed E-state index contributed by atoms with van der Waals surface area (Å²) < 4.78 is 0. The van der Waals surface area contributed by atoms with Crippen LogP contribution in [0.2, 0.25) is 0 Å². The first-order valence-corrected chi connectivity index (χ1v) is 5.53. The Hall–Kier alpha value is -1.71. The van der Waals surface area contributed by atoms with Crippen LogP contribution in [0.4, 0.5) is 11.4 Å². The maximum Gasteiger partial charge on any atom is 0.337 e. The minimum Gasteiger partial charge on any atom is -0.478 e. The van der Waals surface area contributed by atoms with Crippen LogP contribution in [0.25, 0.3) is 0 Å². The highest BCUT2D eigenvalue weighted by Crippen LogP contribution is 2.27. The summed E-state index contributed by atoms with van der Waals surface area (Å²) in [5.74, 6) is -0.219. The molecule has 0 bridgehead atoms. The lowest BCUT2D eigenvalue weighted by molar-refractivity contribution is 0.0698. The van der Waals surface area contributed by atoms with Crippen molar-refractivity contribution in [2.45, 2.75) is 19.3 Å². The monoisotopic (exact) mass is 220 g/mol. The molecule has 1 saturated carbocycles. The van der Waals surface area contributed by atoms with Crippen LogP contribution in [0.15, 0.2) is 18.2 Å². The third-order valence-electron chi connectivity index (χ3n) is 3.10. The zero-order valence-corrected chi connectivity index (χ0v) is 9.07. The summed E-state index contributed by atoms with van der Waals surface area (Å²) in [4.78, 5) is 10.8. The molecule has 86 valence electrons. The van der Waals surface area contributed by atoms with Gasteiger partial charge in [0.25, 0.3) is 0 Å². The predicted molar refractivity (Wildman–Crippen MR) is 63.6 cm³/mol. The number of nitrogens with two attached hydrogens (primary N) is 1. The van der Waals surface area contributed by atoms with Crippen LogP contribution in [-0.4, -0.2) is 17.6 Å². The Bertz CT molecular complexity index is 400. The van der Waals surface area contributed by atoms with E-state index >= 15 is 0 Å². The Kier molecular flexibility index (Phi) is 2.99. The average Bonchev–Trinajstić information content (AvgIpc) is 2.14. The molecule has 16 heavy (non-hydrogen) atoms. The van der Waals surface area contributed by atoms with Crippen molar-refractivity contribution in [2.24, 2.45) is 5.92 Å². The number of carboxylic acid groups (broad SMARTS) is 1. The van der Waals surface area contributed by atoms with Gasteiger partial charge in [-0.25, -0.2) is 4.79 Å². The Morgan fingerprint density at radius 1 is 1.50 bits per heavy atom. The van der Waals surface area contributed by atoms with E-state index < -0.39 is 5.97 Å². The van der Waals surface area contributed by atoms with Crippen LogP contribution in [0, 0.1) is 5.92 Å². The lowest BCUT2D eigenvalue weighted by Crippen LogP contribution is -2.21. The zero-order chi connectivity index (χ0) is 11.5. The third kappa shape index (κ3) is 2.27. The van der Waals surface area contributed by atoms with Gasteiger partial charge in [0.05, 0.1) is 5.56 Å². The number of carboxylic acids is 1. The molecule has 0 aliphatic heterocycles. The number of aromatic carboxylic acids is 1. The van der Waals surface area contributed by atoms with Crippen LogP contribution in [-0.2, 0) is 0 Å². The molecule has 1 fully saturated rings. The van der Waals surface area contributed by atoms with Crippen LogP contribution in [0.3, 0.4) is 0 Å². The zero-order valence-electron chi connectivity index (χ0n) is 9.07. The highest BCUT2D eigenvalue weighted by Gasteiger charge is 2.16. The average molecular weight is 220 g/mol. The number of hydrogen-bond donors (Lipinski definition) is 3. The first kappa shape index (κ1) is 10.8. The van der Waals surface area contributed by atoms with Gasteiger partial charge in [0.15, 0.2) is 0 Å². The van der Waals surface area contributed by atoms with Gasteiger partial charge < -0.3 is 16.2 Å². The quantitative estimate of drug-likeness (QED) is 0.680. The normalized spacial score (nSPS) is 15.5. The second-order valence-electron chi connectivity index (χ2n) is 4.29. The third-order valence-corrected chi connectivity index (χ3v) is 3.10. The van der Waals surface area contributed by atoms with Gasteiger partial charge in [-0.1, -0.05) is 6.42 Å². The van der Waals surface area contributed by atoms with Crippen molar-refractivity contribution < 1.29 is 9.90 Å². The first-order valence-electron chi connectivity index (χ1n) is 5.53. The maximum atomic E-state index is 10.8. The summed E-state index contributed by atoms with van der Waals surface area (Å²) in [6.45, 7) is 0.950. The molecule has 4 nitrogen and oxygen atoms in total. The summed E-state index contributed by atoms with van der Waals surface area (Å²) in [5.41, 5.74) is 7.02. The Balaban J connectivity index is 1.99. The molecule has 0 saturated heterocycles. The highest BCUT2D eigenvalue weighted by molar-refractivity contribution is 5.94. The van der Waals surface area contributed by atoms with E-state index in [0.717, 1.165) is 18.2 Å². The molecule has 0 amide bonds. The van der Waals surface area contributed by atoms with Gasteiger partial charge in [-0.15, -0.1) is 0 Å².